The van der Waals surface area contributed by atoms with Crippen molar-refractivity contribution in [3.05, 3.63) is 39.9 Å². The number of benzene rings is 1. The molecular weight excluding hydrogens is 326 g/mol. The molecule has 2 nitrogen and oxygen atoms in total. The third-order valence-electron chi connectivity index (χ3n) is 4.12. The highest BCUT2D eigenvalue weighted by Crippen LogP contribution is 2.34. The van der Waals surface area contributed by atoms with Gasteiger partial charge in [-0.3, -0.25) is 0 Å². The number of ether oxygens (including phenoxy) is 1. The summed E-state index contributed by atoms with van der Waals surface area (Å²) in [5.74, 6) is 0.919. The van der Waals surface area contributed by atoms with Crippen molar-refractivity contribution in [1.29, 1.82) is 0 Å². The predicted octanol–water partition coefficient (Wildman–Crippen LogP) is 5.39. The Kier molecular flexibility index (Phi) is 6.78. The van der Waals surface area contributed by atoms with E-state index < -0.39 is 0 Å². The summed E-state index contributed by atoms with van der Waals surface area (Å²) in [5, 5.41) is 3.66. The zero-order valence-corrected chi connectivity index (χ0v) is 14.7. The van der Waals surface area contributed by atoms with Crippen LogP contribution in [-0.4, -0.2) is 13.7 Å². The molecule has 0 radical (unpaired) electrons. The summed E-state index contributed by atoms with van der Waals surface area (Å²) < 4.78 is 6.55. The highest BCUT2D eigenvalue weighted by molar-refractivity contribution is 9.10. The lowest BCUT2D eigenvalue weighted by molar-refractivity contribution is 0.413. The van der Waals surface area contributed by atoms with E-state index >= 15 is 0 Å². The van der Waals surface area contributed by atoms with Gasteiger partial charge in [-0.15, -0.1) is 0 Å². The minimum Gasteiger partial charge on any atom is -0.497 e. The van der Waals surface area contributed by atoms with Crippen LogP contribution in [0.15, 0.2) is 34.3 Å². The van der Waals surface area contributed by atoms with E-state index in [9.17, 15) is 0 Å². The smallest absolute Gasteiger partial charge is 0.119 e. The van der Waals surface area contributed by atoms with E-state index in [4.69, 9.17) is 4.74 Å². The summed E-state index contributed by atoms with van der Waals surface area (Å²) in [7, 11) is 1.73. The summed E-state index contributed by atoms with van der Waals surface area (Å²) in [6.07, 6.45) is 10.2. The zero-order chi connectivity index (χ0) is 15.1. The molecule has 0 aromatic heterocycles. The van der Waals surface area contributed by atoms with Crippen LogP contribution in [0.25, 0.3) is 0 Å². The quantitative estimate of drug-likeness (QED) is 0.718. The van der Waals surface area contributed by atoms with E-state index in [1.807, 2.05) is 6.07 Å². The Hall–Kier alpha value is -0.800. The molecule has 116 valence electrons. The molecule has 1 aliphatic carbocycles. The van der Waals surface area contributed by atoms with Crippen molar-refractivity contribution in [2.75, 3.05) is 13.7 Å². The van der Waals surface area contributed by atoms with Crippen LogP contribution in [0.4, 0.5) is 0 Å². The molecule has 0 aliphatic heterocycles. The van der Waals surface area contributed by atoms with Gasteiger partial charge < -0.3 is 10.1 Å². The highest BCUT2D eigenvalue weighted by Gasteiger charge is 2.19. The van der Waals surface area contributed by atoms with Gasteiger partial charge in [-0.05, 0) is 56.0 Å². The first kappa shape index (κ1) is 16.6. The molecule has 21 heavy (non-hydrogen) atoms. The first-order chi connectivity index (χ1) is 10.3. The predicted molar refractivity (Wildman–Crippen MR) is 92.9 cm³/mol. The summed E-state index contributed by atoms with van der Waals surface area (Å²) in [4.78, 5) is 0. The first-order valence-electron chi connectivity index (χ1n) is 8.02. The van der Waals surface area contributed by atoms with E-state index in [1.165, 1.54) is 49.7 Å². The van der Waals surface area contributed by atoms with Crippen LogP contribution in [0, 0.1) is 0 Å². The lowest BCUT2D eigenvalue weighted by Crippen LogP contribution is -2.23. The highest BCUT2D eigenvalue weighted by atomic mass is 79.9. The van der Waals surface area contributed by atoms with Crippen LogP contribution in [0.1, 0.15) is 57.1 Å². The average molecular weight is 352 g/mol. The maximum atomic E-state index is 5.40. The molecule has 1 aromatic rings. The SMILES string of the molecule is CCNC(/C1=C/CCCCCC1)c1cc(OC)ccc1Br. The minimum atomic E-state index is 0.289. The molecule has 0 fully saturated rings. The number of methoxy groups -OCH3 is 1. The summed E-state index contributed by atoms with van der Waals surface area (Å²) >= 11 is 3.71. The Morgan fingerprint density at radius 2 is 2.05 bits per heavy atom. The van der Waals surface area contributed by atoms with Gasteiger partial charge in [-0.1, -0.05) is 47.3 Å². The molecule has 1 unspecified atom stereocenters. The molecule has 3 heteroatoms. The van der Waals surface area contributed by atoms with Gasteiger partial charge in [0.15, 0.2) is 0 Å². The normalized spacial score (nSPS) is 20.0. The molecule has 0 spiro atoms. The summed E-state index contributed by atoms with van der Waals surface area (Å²) in [6.45, 7) is 3.14. The second kappa shape index (κ2) is 8.60. The number of allylic oxidation sites excluding steroid dienone is 1. The number of hydrogen-bond donors (Lipinski definition) is 1. The van der Waals surface area contributed by atoms with Gasteiger partial charge in [0.2, 0.25) is 0 Å². The fraction of sp³-hybridized carbons (Fsp3) is 0.556. The molecule has 1 aromatic carbocycles. The molecule has 2 rings (SSSR count). The molecule has 0 saturated heterocycles. The lowest BCUT2D eigenvalue weighted by atomic mass is 9.91. The Labute approximate surface area is 137 Å². The lowest BCUT2D eigenvalue weighted by Gasteiger charge is -2.25. The van der Waals surface area contributed by atoms with Crippen molar-refractivity contribution in [1.82, 2.24) is 5.32 Å². The topological polar surface area (TPSA) is 21.3 Å². The standard InChI is InChI=1S/C18H26BrNO/c1-3-20-18(14-9-7-5-4-6-8-10-14)16-13-15(21-2)11-12-17(16)19/h9,11-13,18,20H,3-8,10H2,1-2H3/b14-9+. The van der Waals surface area contributed by atoms with Gasteiger partial charge in [0.05, 0.1) is 13.2 Å². The van der Waals surface area contributed by atoms with E-state index in [-0.39, 0.29) is 6.04 Å². The van der Waals surface area contributed by atoms with Gasteiger partial charge >= 0.3 is 0 Å². The number of hydrogen-bond acceptors (Lipinski definition) is 2. The van der Waals surface area contributed by atoms with Crippen LogP contribution in [0.2, 0.25) is 0 Å². The Bertz CT molecular complexity index is 484. The van der Waals surface area contributed by atoms with Crippen LogP contribution in [0.5, 0.6) is 5.75 Å². The molecule has 1 atom stereocenters. The summed E-state index contributed by atoms with van der Waals surface area (Å²) in [6, 6.07) is 6.53. The van der Waals surface area contributed by atoms with Gasteiger partial charge in [-0.25, -0.2) is 0 Å². The molecular formula is C18H26BrNO. The third kappa shape index (κ3) is 4.58. The van der Waals surface area contributed by atoms with E-state index in [2.05, 4.69) is 46.4 Å². The number of likely N-dealkylation sites (N-methyl/N-ethyl adjacent to an activating group) is 1. The van der Waals surface area contributed by atoms with Gasteiger partial charge in [0, 0.05) is 4.47 Å². The van der Waals surface area contributed by atoms with E-state index in [0.29, 0.717) is 0 Å². The number of rotatable bonds is 5. The van der Waals surface area contributed by atoms with Crippen molar-refractivity contribution in [2.45, 2.75) is 51.5 Å². The van der Waals surface area contributed by atoms with Crippen LogP contribution >= 0.6 is 15.9 Å². The van der Waals surface area contributed by atoms with Gasteiger partial charge in [0.1, 0.15) is 5.75 Å². The molecule has 0 bridgehead atoms. The largest absolute Gasteiger partial charge is 0.497 e. The minimum absolute atomic E-state index is 0.289. The Morgan fingerprint density at radius 3 is 2.81 bits per heavy atom. The fourth-order valence-electron chi connectivity index (χ4n) is 2.99. The van der Waals surface area contributed by atoms with E-state index in [0.717, 1.165) is 16.8 Å². The molecule has 0 heterocycles. The van der Waals surface area contributed by atoms with Crippen molar-refractivity contribution >= 4 is 15.9 Å². The van der Waals surface area contributed by atoms with Crippen LogP contribution < -0.4 is 10.1 Å². The maximum Gasteiger partial charge on any atom is 0.119 e. The first-order valence-corrected chi connectivity index (χ1v) is 8.81. The van der Waals surface area contributed by atoms with Crippen LogP contribution in [0.3, 0.4) is 0 Å². The Morgan fingerprint density at radius 1 is 1.24 bits per heavy atom. The number of halogens is 1. The Balaban J connectivity index is 2.32. The van der Waals surface area contributed by atoms with Crippen molar-refractivity contribution < 1.29 is 4.74 Å². The molecule has 1 aliphatic rings. The average Bonchev–Trinajstić information content (AvgIpc) is 2.46. The number of nitrogens with one attached hydrogen (secondary N) is 1. The van der Waals surface area contributed by atoms with Crippen molar-refractivity contribution in [3.8, 4) is 5.75 Å². The maximum absolute atomic E-state index is 5.40. The van der Waals surface area contributed by atoms with Crippen molar-refractivity contribution in [2.24, 2.45) is 0 Å². The summed E-state index contributed by atoms with van der Waals surface area (Å²) in [5.41, 5.74) is 2.81. The second-order valence-electron chi connectivity index (χ2n) is 5.61. The van der Waals surface area contributed by atoms with E-state index in [1.54, 1.807) is 7.11 Å². The fourth-order valence-corrected chi connectivity index (χ4v) is 3.47. The molecule has 0 amide bonds. The van der Waals surface area contributed by atoms with Crippen LogP contribution in [-0.2, 0) is 0 Å². The van der Waals surface area contributed by atoms with Gasteiger partial charge in [0.25, 0.3) is 0 Å². The van der Waals surface area contributed by atoms with Crippen molar-refractivity contribution in [3.63, 3.8) is 0 Å². The third-order valence-corrected chi connectivity index (χ3v) is 4.84. The molecule has 1 N–H and O–H groups in total. The molecule has 0 saturated carbocycles. The second-order valence-corrected chi connectivity index (χ2v) is 6.46. The zero-order valence-electron chi connectivity index (χ0n) is 13.1. The van der Waals surface area contributed by atoms with Gasteiger partial charge in [-0.2, -0.15) is 0 Å². The monoisotopic (exact) mass is 351 g/mol.